The Labute approximate surface area is 143 Å². The average Bonchev–Trinajstić information content (AvgIpc) is 2.55. The molecule has 3 aromatic rings. The van der Waals surface area contributed by atoms with Gasteiger partial charge in [-0.2, -0.15) is 8.42 Å². The molecule has 7 heteroatoms. The van der Waals surface area contributed by atoms with Gasteiger partial charge >= 0.3 is 0 Å². The molecule has 0 radical (unpaired) electrons. The lowest BCUT2D eigenvalue weighted by Gasteiger charge is -2.10. The molecular weight excluding hydrogens is 350 g/mol. The van der Waals surface area contributed by atoms with E-state index in [0.717, 1.165) is 16.8 Å². The monoisotopic (exact) mass is 361 g/mol. The molecular formula is C17H12ClNO4S. The lowest BCUT2D eigenvalue weighted by Crippen LogP contribution is -2.13. The molecule has 0 aliphatic heterocycles. The number of halogens is 1. The summed E-state index contributed by atoms with van der Waals surface area (Å²) in [5.41, 5.74) is 0.727. The van der Waals surface area contributed by atoms with Gasteiger partial charge in [-0.05, 0) is 35.0 Å². The van der Waals surface area contributed by atoms with Crippen LogP contribution in [-0.2, 0) is 10.1 Å². The zero-order valence-corrected chi connectivity index (χ0v) is 13.8. The van der Waals surface area contributed by atoms with Crippen LogP contribution in [0.2, 0.25) is 5.02 Å². The van der Waals surface area contributed by atoms with Gasteiger partial charge in [0.1, 0.15) is 0 Å². The minimum atomic E-state index is -4.35. The van der Waals surface area contributed by atoms with Gasteiger partial charge in [-0.25, -0.2) is 0 Å². The van der Waals surface area contributed by atoms with Gasteiger partial charge in [-0.3, -0.25) is 9.35 Å². The van der Waals surface area contributed by atoms with Gasteiger partial charge < -0.3 is 5.32 Å². The Bertz CT molecular complexity index is 1040. The molecule has 0 aromatic heterocycles. The fourth-order valence-corrected chi connectivity index (χ4v) is 3.17. The topological polar surface area (TPSA) is 83.5 Å². The smallest absolute Gasteiger partial charge is 0.294 e. The largest absolute Gasteiger partial charge is 0.321 e. The number of amides is 1. The molecule has 24 heavy (non-hydrogen) atoms. The SMILES string of the molecule is O=C(Nc1ccc(S(=O)(=O)O)cc1Cl)c1cccc2ccccc12. The number of carbonyl (C=O) groups excluding carboxylic acids is 1. The summed E-state index contributed by atoms with van der Waals surface area (Å²) in [6.07, 6.45) is 0. The van der Waals surface area contributed by atoms with Crippen molar-refractivity contribution >= 4 is 44.1 Å². The van der Waals surface area contributed by atoms with Crippen LogP contribution in [0.4, 0.5) is 5.69 Å². The van der Waals surface area contributed by atoms with E-state index in [0.29, 0.717) is 5.56 Å². The lowest BCUT2D eigenvalue weighted by molar-refractivity contribution is 0.102. The number of rotatable bonds is 3. The van der Waals surface area contributed by atoms with Gasteiger partial charge in [0.2, 0.25) is 0 Å². The van der Waals surface area contributed by atoms with E-state index in [1.165, 1.54) is 12.1 Å². The molecule has 0 atom stereocenters. The van der Waals surface area contributed by atoms with Crippen molar-refractivity contribution in [3.63, 3.8) is 0 Å². The van der Waals surface area contributed by atoms with Crippen molar-refractivity contribution in [2.75, 3.05) is 5.32 Å². The third-order valence-electron chi connectivity index (χ3n) is 3.52. The van der Waals surface area contributed by atoms with Gasteiger partial charge in [0.25, 0.3) is 16.0 Å². The Morgan fingerprint density at radius 1 is 1.00 bits per heavy atom. The Morgan fingerprint density at radius 3 is 2.42 bits per heavy atom. The molecule has 3 rings (SSSR count). The first-order chi connectivity index (χ1) is 11.4. The first-order valence-electron chi connectivity index (χ1n) is 6.92. The lowest BCUT2D eigenvalue weighted by atomic mass is 10.0. The second kappa shape index (κ2) is 6.24. The van der Waals surface area contributed by atoms with Crippen molar-refractivity contribution in [1.82, 2.24) is 0 Å². The fraction of sp³-hybridized carbons (Fsp3) is 0. The number of hydrogen-bond donors (Lipinski definition) is 2. The summed E-state index contributed by atoms with van der Waals surface area (Å²) in [6, 6.07) is 16.4. The van der Waals surface area contributed by atoms with Crippen LogP contribution >= 0.6 is 11.6 Å². The Morgan fingerprint density at radius 2 is 1.71 bits per heavy atom. The van der Waals surface area contributed by atoms with Crippen molar-refractivity contribution in [3.05, 3.63) is 71.2 Å². The van der Waals surface area contributed by atoms with E-state index in [1.54, 1.807) is 12.1 Å². The average molecular weight is 362 g/mol. The second-order valence-corrected chi connectivity index (χ2v) is 6.93. The maximum absolute atomic E-state index is 12.5. The van der Waals surface area contributed by atoms with Crippen molar-refractivity contribution in [2.24, 2.45) is 0 Å². The fourth-order valence-electron chi connectivity index (χ4n) is 2.37. The number of hydrogen-bond acceptors (Lipinski definition) is 3. The molecule has 0 aliphatic carbocycles. The Balaban J connectivity index is 1.95. The van der Waals surface area contributed by atoms with Crippen molar-refractivity contribution in [3.8, 4) is 0 Å². The predicted molar refractivity (Wildman–Crippen MR) is 93.2 cm³/mol. The summed E-state index contributed by atoms with van der Waals surface area (Å²) in [4.78, 5) is 12.2. The first kappa shape index (κ1) is 16.4. The van der Waals surface area contributed by atoms with E-state index < -0.39 is 10.1 Å². The van der Waals surface area contributed by atoms with E-state index >= 15 is 0 Å². The molecule has 122 valence electrons. The molecule has 0 fully saturated rings. The zero-order valence-electron chi connectivity index (χ0n) is 12.2. The maximum Gasteiger partial charge on any atom is 0.294 e. The molecule has 0 saturated carbocycles. The number of carbonyl (C=O) groups is 1. The third-order valence-corrected chi connectivity index (χ3v) is 4.68. The molecule has 3 aromatic carbocycles. The highest BCUT2D eigenvalue weighted by Gasteiger charge is 2.15. The summed E-state index contributed by atoms with van der Waals surface area (Å²) in [5, 5.41) is 4.39. The Hall–Kier alpha value is -2.41. The summed E-state index contributed by atoms with van der Waals surface area (Å²) in [7, 11) is -4.35. The summed E-state index contributed by atoms with van der Waals surface area (Å²) >= 11 is 5.99. The van der Waals surface area contributed by atoms with Gasteiger partial charge in [-0.15, -0.1) is 0 Å². The molecule has 0 unspecified atom stereocenters. The van der Waals surface area contributed by atoms with Crippen molar-refractivity contribution < 1.29 is 17.8 Å². The maximum atomic E-state index is 12.5. The highest BCUT2D eigenvalue weighted by atomic mass is 35.5. The van der Waals surface area contributed by atoms with E-state index in [1.807, 2.05) is 30.3 Å². The number of fused-ring (bicyclic) bond motifs is 1. The van der Waals surface area contributed by atoms with Crippen LogP contribution in [0.1, 0.15) is 10.4 Å². The standard InChI is InChI=1S/C17H12ClNO4S/c18-15-10-12(24(21,22)23)8-9-16(15)19-17(20)14-7-3-5-11-4-1-2-6-13(11)14/h1-10H,(H,19,20)(H,21,22,23). The van der Waals surface area contributed by atoms with Gasteiger partial charge in [0.05, 0.1) is 15.6 Å². The van der Waals surface area contributed by atoms with E-state index in [9.17, 15) is 13.2 Å². The second-order valence-electron chi connectivity index (χ2n) is 5.10. The molecule has 5 nitrogen and oxygen atoms in total. The van der Waals surface area contributed by atoms with Crippen molar-refractivity contribution in [1.29, 1.82) is 0 Å². The third kappa shape index (κ3) is 3.26. The van der Waals surface area contributed by atoms with Crippen LogP contribution in [0.5, 0.6) is 0 Å². The van der Waals surface area contributed by atoms with Crippen LogP contribution in [0, 0.1) is 0 Å². The molecule has 0 aliphatic rings. The number of nitrogens with one attached hydrogen (secondary N) is 1. The summed E-state index contributed by atoms with van der Waals surface area (Å²) < 4.78 is 31.2. The molecule has 1 amide bonds. The molecule has 2 N–H and O–H groups in total. The van der Waals surface area contributed by atoms with Crippen LogP contribution < -0.4 is 5.32 Å². The minimum Gasteiger partial charge on any atom is -0.321 e. The molecule has 0 heterocycles. The van der Waals surface area contributed by atoms with E-state index in [-0.39, 0.29) is 21.5 Å². The Kier molecular flexibility index (Phi) is 4.28. The summed E-state index contributed by atoms with van der Waals surface area (Å²) in [6.45, 7) is 0. The predicted octanol–water partition coefficient (Wildman–Crippen LogP) is 3.99. The zero-order chi connectivity index (χ0) is 17.3. The van der Waals surface area contributed by atoms with Crippen molar-refractivity contribution in [2.45, 2.75) is 4.90 Å². The molecule has 0 bridgehead atoms. The highest BCUT2D eigenvalue weighted by molar-refractivity contribution is 7.85. The van der Waals surface area contributed by atoms with E-state index in [4.69, 9.17) is 16.2 Å². The number of anilines is 1. The quantitative estimate of drug-likeness (QED) is 0.691. The molecule has 0 saturated heterocycles. The normalized spacial score (nSPS) is 11.4. The van der Waals surface area contributed by atoms with Gasteiger partial charge in [-0.1, -0.05) is 48.0 Å². The van der Waals surface area contributed by atoms with Gasteiger partial charge in [0.15, 0.2) is 0 Å². The summed E-state index contributed by atoms with van der Waals surface area (Å²) in [5.74, 6) is -0.367. The first-order valence-corrected chi connectivity index (χ1v) is 8.74. The van der Waals surface area contributed by atoms with Crippen LogP contribution in [-0.4, -0.2) is 18.9 Å². The minimum absolute atomic E-state index is 0.0127. The van der Waals surface area contributed by atoms with Gasteiger partial charge in [0, 0.05) is 5.56 Å². The number of benzene rings is 3. The van der Waals surface area contributed by atoms with Crippen LogP contribution in [0.3, 0.4) is 0 Å². The highest BCUT2D eigenvalue weighted by Crippen LogP contribution is 2.26. The molecule has 0 spiro atoms. The van der Waals surface area contributed by atoms with Crippen LogP contribution in [0.15, 0.2) is 65.6 Å². The van der Waals surface area contributed by atoms with Crippen LogP contribution in [0.25, 0.3) is 10.8 Å². The van der Waals surface area contributed by atoms with E-state index in [2.05, 4.69) is 5.32 Å².